The number of rotatable bonds is 8. The third kappa shape index (κ3) is 4.98. The molecule has 1 fully saturated rings. The van der Waals surface area contributed by atoms with E-state index < -0.39 is 11.3 Å². The van der Waals surface area contributed by atoms with E-state index in [-0.39, 0.29) is 12.5 Å². The average molecular weight is 290 g/mol. The highest BCUT2D eigenvalue weighted by Crippen LogP contribution is 2.46. The van der Waals surface area contributed by atoms with Crippen molar-refractivity contribution >= 4 is 0 Å². The van der Waals surface area contributed by atoms with Gasteiger partial charge in [-0.15, -0.1) is 0 Å². The fourth-order valence-corrected chi connectivity index (χ4v) is 2.71. The van der Waals surface area contributed by atoms with Gasteiger partial charge in [-0.3, -0.25) is 0 Å². The molecule has 1 rings (SSSR count). The van der Waals surface area contributed by atoms with Crippen LogP contribution in [0.2, 0.25) is 0 Å². The Hall–Kier alpha value is -0.180. The Balaban J connectivity index is 2.29. The summed E-state index contributed by atoms with van der Waals surface area (Å²) in [5, 5.41) is 0. The van der Waals surface area contributed by atoms with E-state index in [0.29, 0.717) is 11.8 Å². The summed E-state index contributed by atoms with van der Waals surface area (Å²) in [5.41, 5.74) is -0.636. The number of halogens is 2. The molecule has 3 heteroatoms. The predicted molar refractivity (Wildman–Crippen MR) is 80.2 cm³/mol. The van der Waals surface area contributed by atoms with Crippen LogP contribution >= 0.6 is 0 Å². The summed E-state index contributed by atoms with van der Waals surface area (Å²) in [7, 11) is 0. The molecule has 0 N–H and O–H groups in total. The lowest BCUT2D eigenvalue weighted by molar-refractivity contribution is -0.105. The fourth-order valence-electron chi connectivity index (χ4n) is 2.71. The van der Waals surface area contributed by atoms with Crippen molar-refractivity contribution < 1.29 is 13.5 Å². The highest BCUT2D eigenvalue weighted by molar-refractivity contribution is 4.88. The molecule has 1 nitrogen and oxygen atoms in total. The van der Waals surface area contributed by atoms with Gasteiger partial charge in [-0.1, -0.05) is 33.6 Å². The van der Waals surface area contributed by atoms with E-state index in [4.69, 9.17) is 4.74 Å². The van der Waals surface area contributed by atoms with E-state index in [1.807, 2.05) is 0 Å². The molecule has 0 bridgehead atoms. The van der Waals surface area contributed by atoms with Crippen molar-refractivity contribution in [2.45, 2.75) is 91.6 Å². The molecule has 0 aromatic heterocycles. The van der Waals surface area contributed by atoms with Crippen LogP contribution < -0.4 is 0 Å². The molecule has 0 unspecified atom stereocenters. The highest BCUT2D eigenvalue weighted by atomic mass is 19.3. The zero-order chi connectivity index (χ0) is 15.4. The molecule has 0 atom stereocenters. The first-order valence-corrected chi connectivity index (χ1v) is 8.07. The standard InChI is InChI=1S/C17H32F2O/c1-14(2)20-13-16(10-8-11-16)9-6-7-12-17(18,19)15(3,4)5/h14H,6-13H2,1-5H3. The molecule has 0 amide bonds. The molecule has 1 saturated carbocycles. The van der Waals surface area contributed by atoms with E-state index in [1.54, 1.807) is 20.8 Å². The minimum Gasteiger partial charge on any atom is -0.378 e. The molecule has 0 aromatic rings. The molecule has 1 aliphatic rings. The van der Waals surface area contributed by atoms with Crippen LogP contribution in [-0.4, -0.2) is 18.6 Å². The maximum atomic E-state index is 13.9. The van der Waals surface area contributed by atoms with Crippen molar-refractivity contribution in [1.29, 1.82) is 0 Å². The van der Waals surface area contributed by atoms with Gasteiger partial charge in [0, 0.05) is 11.8 Å². The van der Waals surface area contributed by atoms with Gasteiger partial charge >= 0.3 is 0 Å². The van der Waals surface area contributed by atoms with Crippen LogP contribution in [0, 0.1) is 10.8 Å². The summed E-state index contributed by atoms with van der Waals surface area (Å²) in [5.74, 6) is -2.56. The molecule has 0 spiro atoms. The van der Waals surface area contributed by atoms with E-state index in [1.165, 1.54) is 19.3 Å². The number of hydrogen-bond acceptors (Lipinski definition) is 1. The Morgan fingerprint density at radius 3 is 2.10 bits per heavy atom. The maximum absolute atomic E-state index is 13.9. The van der Waals surface area contributed by atoms with Crippen molar-refractivity contribution in [1.82, 2.24) is 0 Å². The van der Waals surface area contributed by atoms with Gasteiger partial charge in [-0.25, -0.2) is 8.78 Å². The Bertz CT molecular complexity index is 288. The van der Waals surface area contributed by atoms with Crippen molar-refractivity contribution in [3.8, 4) is 0 Å². The van der Waals surface area contributed by atoms with Crippen molar-refractivity contribution in [2.75, 3.05) is 6.61 Å². The molecule has 0 aliphatic heterocycles. The van der Waals surface area contributed by atoms with Gasteiger partial charge in [0.15, 0.2) is 0 Å². The lowest BCUT2D eigenvalue weighted by atomic mass is 9.66. The molecule has 0 heterocycles. The third-order valence-electron chi connectivity index (χ3n) is 4.68. The van der Waals surface area contributed by atoms with E-state index >= 15 is 0 Å². The predicted octanol–water partition coefficient (Wildman–Crippen LogP) is 5.82. The van der Waals surface area contributed by atoms with Gasteiger partial charge < -0.3 is 4.74 Å². The second-order valence-corrected chi connectivity index (χ2v) is 7.87. The topological polar surface area (TPSA) is 9.23 Å². The minimum absolute atomic E-state index is 0.0115. The quantitative estimate of drug-likeness (QED) is 0.511. The van der Waals surface area contributed by atoms with Crippen molar-refractivity contribution in [3.05, 3.63) is 0 Å². The lowest BCUT2D eigenvalue weighted by Gasteiger charge is -2.42. The monoisotopic (exact) mass is 290 g/mol. The minimum atomic E-state index is -2.56. The molecular weight excluding hydrogens is 258 g/mol. The molecule has 0 aromatic carbocycles. The number of alkyl halides is 2. The van der Waals surface area contributed by atoms with Crippen LogP contribution in [0.1, 0.15) is 79.6 Å². The smallest absolute Gasteiger partial charge is 0.252 e. The van der Waals surface area contributed by atoms with E-state index in [9.17, 15) is 8.78 Å². The molecule has 0 radical (unpaired) electrons. The average Bonchev–Trinajstić information content (AvgIpc) is 2.24. The lowest BCUT2D eigenvalue weighted by Crippen LogP contribution is -2.36. The Kier molecular flexibility index (Phi) is 6.01. The van der Waals surface area contributed by atoms with Gasteiger partial charge in [0.1, 0.15) is 0 Å². The zero-order valence-electron chi connectivity index (χ0n) is 13.9. The maximum Gasteiger partial charge on any atom is 0.252 e. The van der Waals surface area contributed by atoms with E-state index in [2.05, 4.69) is 13.8 Å². The summed E-state index contributed by atoms with van der Waals surface area (Å²) in [4.78, 5) is 0. The van der Waals surface area contributed by atoms with Gasteiger partial charge in [0.25, 0.3) is 5.92 Å². The molecule has 0 saturated heterocycles. The Morgan fingerprint density at radius 2 is 1.70 bits per heavy atom. The number of hydrogen-bond donors (Lipinski definition) is 0. The van der Waals surface area contributed by atoms with Crippen LogP contribution in [0.15, 0.2) is 0 Å². The third-order valence-corrected chi connectivity index (χ3v) is 4.68. The second-order valence-electron chi connectivity index (χ2n) is 7.87. The first-order chi connectivity index (χ1) is 9.08. The summed E-state index contributed by atoms with van der Waals surface area (Å²) < 4.78 is 33.5. The number of ether oxygens (including phenoxy) is 1. The molecule has 120 valence electrons. The number of unbranched alkanes of at least 4 members (excludes halogenated alkanes) is 1. The normalized spacial score (nSPS) is 19.2. The molecular formula is C17H32F2O. The van der Waals surface area contributed by atoms with E-state index in [0.717, 1.165) is 19.4 Å². The van der Waals surface area contributed by atoms with Crippen LogP contribution in [0.4, 0.5) is 8.78 Å². The first-order valence-electron chi connectivity index (χ1n) is 8.07. The zero-order valence-corrected chi connectivity index (χ0v) is 13.9. The largest absolute Gasteiger partial charge is 0.378 e. The van der Waals surface area contributed by atoms with Gasteiger partial charge in [-0.05, 0) is 44.9 Å². The van der Waals surface area contributed by atoms with Crippen LogP contribution in [-0.2, 0) is 4.74 Å². The van der Waals surface area contributed by atoms with Gasteiger partial charge in [-0.2, -0.15) is 0 Å². The Labute approximate surface area is 123 Å². The first kappa shape index (κ1) is 17.9. The summed E-state index contributed by atoms with van der Waals surface area (Å²) in [6.07, 6.45) is 6.50. The van der Waals surface area contributed by atoms with Crippen molar-refractivity contribution in [2.24, 2.45) is 10.8 Å². The summed E-state index contributed by atoms with van der Waals surface area (Å²) >= 11 is 0. The van der Waals surface area contributed by atoms with Crippen LogP contribution in [0.3, 0.4) is 0 Å². The summed E-state index contributed by atoms with van der Waals surface area (Å²) in [6, 6.07) is 0. The van der Waals surface area contributed by atoms with Crippen molar-refractivity contribution in [3.63, 3.8) is 0 Å². The highest BCUT2D eigenvalue weighted by Gasteiger charge is 2.42. The van der Waals surface area contributed by atoms with Crippen LogP contribution in [0.25, 0.3) is 0 Å². The fraction of sp³-hybridized carbons (Fsp3) is 1.00. The molecule has 20 heavy (non-hydrogen) atoms. The molecule has 1 aliphatic carbocycles. The SMILES string of the molecule is CC(C)OCC1(CCCCC(F)(F)C(C)(C)C)CCC1. The summed E-state index contributed by atoms with van der Waals surface area (Å²) in [6.45, 7) is 9.78. The van der Waals surface area contributed by atoms with Crippen LogP contribution in [0.5, 0.6) is 0 Å². The second kappa shape index (κ2) is 6.72. The van der Waals surface area contributed by atoms with Gasteiger partial charge in [0.2, 0.25) is 0 Å². The van der Waals surface area contributed by atoms with Gasteiger partial charge in [0.05, 0.1) is 12.7 Å². The Morgan fingerprint density at radius 1 is 1.10 bits per heavy atom.